The fourth-order valence-corrected chi connectivity index (χ4v) is 6.68. The largest absolute Gasteiger partial charge is 0.403 e. The maximum Gasteiger partial charge on any atom is 0.322 e. The van der Waals surface area contributed by atoms with Crippen molar-refractivity contribution in [2.75, 3.05) is 12.4 Å². The third-order valence-corrected chi connectivity index (χ3v) is 10.7. The van der Waals surface area contributed by atoms with Gasteiger partial charge in [0, 0.05) is 24.2 Å². The summed E-state index contributed by atoms with van der Waals surface area (Å²) < 4.78 is 57.5. The molecule has 3 aromatic rings. The lowest BCUT2D eigenvalue weighted by molar-refractivity contribution is 0.102. The van der Waals surface area contributed by atoms with Crippen LogP contribution in [0.3, 0.4) is 0 Å². The number of hydrogen-bond donors (Lipinski definition) is 1. The summed E-state index contributed by atoms with van der Waals surface area (Å²) in [7, 11) is -5.46. The second kappa shape index (κ2) is 10.7. The van der Waals surface area contributed by atoms with E-state index in [9.17, 15) is 21.6 Å². The number of anilines is 1. The Labute approximate surface area is 217 Å². The topological polar surface area (TPSA) is 140 Å². The van der Waals surface area contributed by atoms with Gasteiger partial charge in [0.1, 0.15) is 0 Å². The molecule has 12 heteroatoms. The summed E-state index contributed by atoms with van der Waals surface area (Å²) in [4.78, 5) is 13.0. The van der Waals surface area contributed by atoms with Gasteiger partial charge in [-0.05, 0) is 75.2 Å². The Bertz CT molecular complexity index is 1460. The maximum absolute atomic E-state index is 13.0. The fraction of sp³-hybridized carbons (Fsp3) is 0.400. The van der Waals surface area contributed by atoms with Crippen molar-refractivity contribution < 1.29 is 26.0 Å². The molecular formula is C25H30N4O6S2. The number of nitrogens with zero attached hydrogens (tertiary/aromatic N) is 3. The molecule has 0 spiro atoms. The Morgan fingerprint density at radius 1 is 0.919 bits per heavy atom. The molecule has 4 rings (SSSR count). The zero-order valence-electron chi connectivity index (χ0n) is 20.9. The molecule has 1 fully saturated rings. The molecule has 1 saturated carbocycles. The minimum absolute atomic E-state index is 0.00995. The Hall–Kier alpha value is -3.09. The van der Waals surface area contributed by atoms with E-state index in [1.807, 2.05) is 0 Å². The van der Waals surface area contributed by atoms with Crippen molar-refractivity contribution in [3.63, 3.8) is 0 Å². The maximum atomic E-state index is 13.0. The molecule has 1 aromatic heterocycles. The van der Waals surface area contributed by atoms with Crippen LogP contribution in [0.1, 0.15) is 56.3 Å². The van der Waals surface area contributed by atoms with Gasteiger partial charge in [0.25, 0.3) is 5.91 Å². The van der Waals surface area contributed by atoms with Crippen molar-refractivity contribution in [1.29, 1.82) is 0 Å². The van der Waals surface area contributed by atoms with E-state index in [0.29, 0.717) is 5.56 Å². The van der Waals surface area contributed by atoms with Gasteiger partial charge in [0.15, 0.2) is 9.84 Å². The van der Waals surface area contributed by atoms with Crippen molar-refractivity contribution in [2.24, 2.45) is 0 Å². The zero-order valence-corrected chi connectivity index (χ0v) is 22.5. The first kappa shape index (κ1) is 27.0. The van der Waals surface area contributed by atoms with Crippen molar-refractivity contribution in [2.45, 2.75) is 67.0 Å². The van der Waals surface area contributed by atoms with E-state index >= 15 is 0 Å². The van der Waals surface area contributed by atoms with E-state index in [1.54, 1.807) is 33.0 Å². The molecule has 0 unspecified atom stereocenters. The molecule has 2 aromatic carbocycles. The number of benzene rings is 2. The number of carbonyl (C=O) groups excluding carboxylic acids is 1. The number of sulfone groups is 1. The van der Waals surface area contributed by atoms with Gasteiger partial charge in [-0.1, -0.05) is 24.4 Å². The highest BCUT2D eigenvalue weighted by Gasteiger charge is 2.29. The first-order valence-electron chi connectivity index (χ1n) is 12.1. The average molecular weight is 547 g/mol. The van der Waals surface area contributed by atoms with Crippen LogP contribution in [0.25, 0.3) is 11.5 Å². The molecule has 1 aliphatic rings. The number of carbonyl (C=O) groups is 1. The highest BCUT2D eigenvalue weighted by atomic mass is 32.2. The minimum atomic E-state index is -3.66. The lowest BCUT2D eigenvalue weighted by Gasteiger charge is -2.30. The van der Waals surface area contributed by atoms with Crippen LogP contribution in [-0.4, -0.2) is 55.6 Å². The highest BCUT2D eigenvalue weighted by molar-refractivity contribution is 7.92. The van der Waals surface area contributed by atoms with E-state index in [1.165, 1.54) is 40.7 Å². The number of aromatic nitrogens is 2. The third-order valence-electron chi connectivity index (χ3n) is 6.58. The molecule has 1 heterocycles. The minimum Gasteiger partial charge on any atom is -0.403 e. The second-order valence-electron chi connectivity index (χ2n) is 9.32. The van der Waals surface area contributed by atoms with Crippen molar-refractivity contribution in [3.8, 4) is 11.5 Å². The van der Waals surface area contributed by atoms with Crippen molar-refractivity contribution in [1.82, 2.24) is 14.5 Å². The Kier molecular flexibility index (Phi) is 7.81. The molecule has 198 valence electrons. The molecule has 0 radical (unpaired) electrons. The first-order chi connectivity index (χ1) is 17.5. The monoisotopic (exact) mass is 546 g/mol. The molecule has 0 atom stereocenters. The Balaban J connectivity index is 1.43. The quantitative estimate of drug-likeness (QED) is 0.445. The van der Waals surface area contributed by atoms with Gasteiger partial charge >= 0.3 is 6.01 Å². The average Bonchev–Trinajstić information content (AvgIpc) is 3.37. The van der Waals surface area contributed by atoms with Gasteiger partial charge in [-0.2, -0.15) is 4.31 Å². The van der Waals surface area contributed by atoms with Gasteiger partial charge in [0.05, 0.1) is 15.0 Å². The molecule has 0 aliphatic heterocycles. The molecule has 0 bridgehead atoms. The summed E-state index contributed by atoms with van der Waals surface area (Å²) in [6, 6.07) is 11.6. The van der Waals surface area contributed by atoms with Crippen LogP contribution in [0.4, 0.5) is 6.01 Å². The van der Waals surface area contributed by atoms with Gasteiger partial charge in [-0.25, -0.2) is 16.8 Å². The summed E-state index contributed by atoms with van der Waals surface area (Å²) in [5, 5.41) is 9.68. The van der Waals surface area contributed by atoms with E-state index in [0.717, 1.165) is 32.1 Å². The lowest BCUT2D eigenvalue weighted by atomic mass is 9.96. The lowest BCUT2D eigenvalue weighted by Crippen LogP contribution is -2.38. The Morgan fingerprint density at radius 3 is 2.11 bits per heavy atom. The number of nitrogens with one attached hydrogen (secondary N) is 1. The SMILES string of the molecule is CC(C)S(=O)(=O)c1ccc(-c2nnc(NC(=O)c3ccc(S(=O)(=O)N(C)C4CCCCC4)cc3)o2)cc1. The van der Waals surface area contributed by atoms with Gasteiger partial charge in [-0.15, -0.1) is 5.10 Å². The van der Waals surface area contributed by atoms with E-state index in [2.05, 4.69) is 15.5 Å². The second-order valence-corrected chi connectivity index (χ2v) is 13.8. The number of amides is 1. The Morgan fingerprint density at radius 2 is 1.51 bits per heavy atom. The molecule has 37 heavy (non-hydrogen) atoms. The van der Waals surface area contributed by atoms with E-state index in [4.69, 9.17) is 4.42 Å². The third kappa shape index (κ3) is 5.76. The zero-order chi connectivity index (χ0) is 26.8. The van der Waals surface area contributed by atoms with Crippen LogP contribution in [0.2, 0.25) is 0 Å². The van der Waals surface area contributed by atoms with Crippen molar-refractivity contribution >= 4 is 31.8 Å². The molecule has 1 aliphatic carbocycles. The predicted molar refractivity (Wildman–Crippen MR) is 138 cm³/mol. The normalized spacial score (nSPS) is 15.3. The highest BCUT2D eigenvalue weighted by Crippen LogP contribution is 2.27. The van der Waals surface area contributed by atoms with Crippen LogP contribution in [-0.2, 0) is 19.9 Å². The summed E-state index contributed by atoms with van der Waals surface area (Å²) in [6.45, 7) is 3.22. The summed E-state index contributed by atoms with van der Waals surface area (Å²) in [5.74, 6) is -0.436. The first-order valence-corrected chi connectivity index (χ1v) is 15.1. The van der Waals surface area contributed by atoms with Crippen LogP contribution in [0, 0.1) is 0 Å². The van der Waals surface area contributed by atoms with E-state index in [-0.39, 0.29) is 33.3 Å². The molecule has 10 nitrogen and oxygen atoms in total. The molecule has 1 amide bonds. The summed E-state index contributed by atoms with van der Waals surface area (Å²) in [6.07, 6.45) is 4.87. The molecular weight excluding hydrogens is 516 g/mol. The smallest absolute Gasteiger partial charge is 0.322 e. The van der Waals surface area contributed by atoms with Crippen LogP contribution in [0.5, 0.6) is 0 Å². The summed E-state index contributed by atoms with van der Waals surface area (Å²) in [5.41, 5.74) is 0.717. The summed E-state index contributed by atoms with van der Waals surface area (Å²) >= 11 is 0. The standard InChI is InChI=1S/C25H30N4O6S2/c1-17(2)36(31,32)21-13-11-19(12-14-21)24-27-28-25(35-24)26-23(30)18-9-15-22(16-10-18)37(33,34)29(3)20-7-5-4-6-8-20/h9-17,20H,4-8H2,1-3H3,(H,26,28,30). The molecule has 0 saturated heterocycles. The van der Waals surface area contributed by atoms with Crippen LogP contribution in [0.15, 0.2) is 62.7 Å². The predicted octanol–water partition coefficient (Wildman–Crippen LogP) is 4.12. The van der Waals surface area contributed by atoms with Crippen LogP contribution < -0.4 is 5.32 Å². The van der Waals surface area contributed by atoms with Gasteiger partial charge in [-0.3, -0.25) is 10.1 Å². The number of rotatable bonds is 8. The van der Waals surface area contributed by atoms with Crippen LogP contribution >= 0.6 is 0 Å². The van der Waals surface area contributed by atoms with Gasteiger partial charge < -0.3 is 4.42 Å². The number of hydrogen-bond acceptors (Lipinski definition) is 8. The number of sulfonamides is 1. The van der Waals surface area contributed by atoms with Gasteiger partial charge in [0.2, 0.25) is 15.9 Å². The van der Waals surface area contributed by atoms with Crippen molar-refractivity contribution in [3.05, 3.63) is 54.1 Å². The fourth-order valence-electron chi connectivity index (χ4n) is 4.20. The molecule has 1 N–H and O–H groups in total. The van der Waals surface area contributed by atoms with E-state index < -0.39 is 31.0 Å².